The molecule has 2 rings (SSSR count). The van der Waals surface area contributed by atoms with Gasteiger partial charge in [0.25, 0.3) is 0 Å². The first kappa shape index (κ1) is 12.6. The summed E-state index contributed by atoms with van der Waals surface area (Å²) in [6.07, 6.45) is 0. The second kappa shape index (κ2) is 4.12. The fourth-order valence-corrected chi connectivity index (χ4v) is 2.81. The van der Waals surface area contributed by atoms with E-state index in [2.05, 4.69) is 61.0 Å². The molecule has 0 bridgehead atoms. The van der Waals surface area contributed by atoms with E-state index in [-0.39, 0.29) is 0 Å². The van der Waals surface area contributed by atoms with Crippen LogP contribution in [0.1, 0.15) is 0 Å². The zero-order valence-corrected chi connectivity index (χ0v) is 12.1. The number of rotatable bonds is 0. The Bertz CT molecular complexity index is 625. The third-order valence-corrected chi connectivity index (χ3v) is 4.63. The van der Waals surface area contributed by atoms with Crippen molar-refractivity contribution in [2.45, 2.75) is 0 Å². The summed E-state index contributed by atoms with van der Waals surface area (Å²) in [4.78, 5) is 0. The maximum Gasteiger partial charge on any atom is 0.139 e. The molecule has 0 atom stereocenters. The molecule has 0 aliphatic heterocycles. The van der Waals surface area contributed by atoms with Crippen LogP contribution in [0.25, 0.3) is 10.8 Å². The fraction of sp³-hybridized carbons (Fsp3) is 0. The lowest BCUT2D eigenvalue weighted by Crippen LogP contribution is -2.51. The van der Waals surface area contributed by atoms with Gasteiger partial charge in [-0.15, -0.1) is 16.4 Å². The van der Waals surface area contributed by atoms with Gasteiger partial charge in [-0.2, -0.15) is 0 Å². The summed E-state index contributed by atoms with van der Waals surface area (Å²) >= 11 is 0. The molecule has 0 spiro atoms. The molecule has 2 aromatic carbocycles. The fourth-order valence-electron chi connectivity index (χ4n) is 2.81. The van der Waals surface area contributed by atoms with Gasteiger partial charge in [-0.3, -0.25) is 0 Å². The van der Waals surface area contributed by atoms with E-state index in [1.54, 1.807) is 0 Å². The molecular weight excluding hydrogens is 196 g/mol. The standard InChI is InChI=1S/C10H15B7/c11-3-1-2-4(7(14)6(3)13)8(15)10(17)9(16)5(2)12/h1H,11-17H2. The molecule has 17 heavy (non-hydrogen) atoms. The van der Waals surface area contributed by atoms with Crippen LogP contribution in [0.2, 0.25) is 0 Å². The van der Waals surface area contributed by atoms with E-state index < -0.39 is 0 Å². The van der Waals surface area contributed by atoms with E-state index in [1.807, 2.05) is 0 Å². The quantitative estimate of drug-likeness (QED) is 0.379. The SMILES string of the molecule is Bc1cc2c(B)c(B)c(B)c(B)c2c(B)c1B. The van der Waals surface area contributed by atoms with Crippen LogP contribution in [-0.4, -0.2) is 54.9 Å². The van der Waals surface area contributed by atoms with Crippen molar-refractivity contribution in [1.29, 1.82) is 0 Å². The lowest BCUT2D eigenvalue weighted by molar-refractivity contribution is 2.03. The highest BCUT2D eigenvalue weighted by Crippen LogP contribution is 2.00. The van der Waals surface area contributed by atoms with Gasteiger partial charge in [0.1, 0.15) is 54.9 Å². The van der Waals surface area contributed by atoms with Crippen molar-refractivity contribution >= 4 is 104 Å². The van der Waals surface area contributed by atoms with Crippen molar-refractivity contribution in [3.05, 3.63) is 6.07 Å². The van der Waals surface area contributed by atoms with Crippen molar-refractivity contribution in [2.24, 2.45) is 0 Å². The van der Waals surface area contributed by atoms with E-state index in [4.69, 9.17) is 0 Å². The summed E-state index contributed by atoms with van der Waals surface area (Å²) in [5.41, 5.74) is 10.1. The minimum absolute atomic E-state index is 1.40. The molecule has 0 unspecified atom stereocenters. The number of hydrogen-bond acceptors (Lipinski definition) is 0. The Hall–Kier alpha value is -0.845. The molecule has 0 amide bonds. The first-order valence-corrected chi connectivity index (χ1v) is 6.33. The van der Waals surface area contributed by atoms with Gasteiger partial charge in [-0.05, 0) is 10.8 Å². The van der Waals surface area contributed by atoms with Crippen LogP contribution in [0.3, 0.4) is 0 Å². The Balaban J connectivity index is 3.12. The molecule has 2 aromatic rings. The van der Waals surface area contributed by atoms with E-state index in [1.165, 1.54) is 49.0 Å². The van der Waals surface area contributed by atoms with Gasteiger partial charge in [-0.1, -0.05) is 27.9 Å². The number of fused-ring (bicyclic) bond motifs is 1. The normalized spacial score (nSPS) is 10.8. The smallest absolute Gasteiger partial charge is 0.101 e. The van der Waals surface area contributed by atoms with E-state index >= 15 is 0 Å². The Labute approximate surface area is 110 Å². The van der Waals surface area contributed by atoms with Crippen LogP contribution in [0.4, 0.5) is 0 Å². The molecule has 0 radical (unpaired) electrons. The molecule has 0 aliphatic rings. The van der Waals surface area contributed by atoms with Gasteiger partial charge in [0.15, 0.2) is 0 Å². The third kappa shape index (κ3) is 1.71. The maximum atomic E-state index is 2.35. The summed E-state index contributed by atoms with van der Waals surface area (Å²) in [6.45, 7) is 0. The van der Waals surface area contributed by atoms with E-state index in [0.29, 0.717) is 0 Å². The van der Waals surface area contributed by atoms with Gasteiger partial charge in [0.05, 0.1) is 0 Å². The third-order valence-electron chi connectivity index (χ3n) is 4.63. The van der Waals surface area contributed by atoms with Crippen LogP contribution < -0.4 is 38.2 Å². The van der Waals surface area contributed by atoms with E-state index in [9.17, 15) is 0 Å². The molecule has 0 saturated heterocycles. The van der Waals surface area contributed by atoms with Crippen molar-refractivity contribution in [1.82, 2.24) is 0 Å². The second-order valence-corrected chi connectivity index (χ2v) is 5.37. The molecule has 0 N–H and O–H groups in total. The summed E-state index contributed by atoms with van der Waals surface area (Å²) in [5, 5.41) is 2.90. The maximum absolute atomic E-state index is 2.35. The lowest BCUT2D eigenvalue weighted by Gasteiger charge is -2.20. The minimum Gasteiger partial charge on any atom is -0.101 e. The molecule has 0 aliphatic carbocycles. The summed E-state index contributed by atoms with van der Waals surface area (Å²) in [6, 6.07) is 2.35. The largest absolute Gasteiger partial charge is 0.139 e. The van der Waals surface area contributed by atoms with Crippen LogP contribution in [0, 0.1) is 0 Å². The van der Waals surface area contributed by atoms with Gasteiger partial charge in [0, 0.05) is 0 Å². The zero-order valence-electron chi connectivity index (χ0n) is 12.1. The minimum atomic E-state index is 1.40. The number of benzene rings is 2. The molecule has 0 saturated carbocycles. The zero-order chi connectivity index (χ0) is 12.9. The molecule has 0 aromatic heterocycles. The predicted molar refractivity (Wildman–Crippen MR) is 101 cm³/mol. The molecule has 0 nitrogen and oxygen atoms in total. The molecular formula is C10H15B7. The Kier molecular flexibility index (Phi) is 3.05. The van der Waals surface area contributed by atoms with E-state index in [0.717, 1.165) is 0 Å². The topological polar surface area (TPSA) is 0 Å². The highest BCUT2D eigenvalue weighted by molar-refractivity contribution is 6.70. The highest BCUT2D eigenvalue weighted by Gasteiger charge is 2.11. The van der Waals surface area contributed by atoms with Crippen LogP contribution in [0.5, 0.6) is 0 Å². The Morgan fingerprint density at radius 2 is 1.00 bits per heavy atom. The van der Waals surface area contributed by atoms with Gasteiger partial charge >= 0.3 is 0 Å². The summed E-state index contributed by atoms with van der Waals surface area (Å²) < 4.78 is 0. The first-order valence-electron chi connectivity index (χ1n) is 6.33. The molecule has 0 fully saturated rings. The van der Waals surface area contributed by atoms with Crippen molar-refractivity contribution in [3.63, 3.8) is 0 Å². The summed E-state index contributed by atoms with van der Waals surface area (Å²) in [5.74, 6) is 0. The lowest BCUT2D eigenvalue weighted by atomic mass is 9.60. The molecule has 0 heterocycles. The second-order valence-electron chi connectivity index (χ2n) is 5.37. The molecule has 76 valence electrons. The van der Waals surface area contributed by atoms with Crippen molar-refractivity contribution in [3.8, 4) is 0 Å². The van der Waals surface area contributed by atoms with Crippen molar-refractivity contribution in [2.75, 3.05) is 0 Å². The van der Waals surface area contributed by atoms with Crippen molar-refractivity contribution < 1.29 is 0 Å². The highest BCUT2D eigenvalue weighted by atomic mass is 14.1. The predicted octanol–water partition coefficient (Wildman–Crippen LogP) is -9.35. The average molecular weight is 211 g/mol. The van der Waals surface area contributed by atoms with Gasteiger partial charge in [-0.25, -0.2) is 0 Å². The first-order chi connectivity index (χ1) is 7.86. The monoisotopic (exact) mass is 212 g/mol. The molecule has 7 heteroatoms. The Morgan fingerprint density at radius 1 is 0.529 bits per heavy atom. The van der Waals surface area contributed by atoms with Crippen LogP contribution >= 0.6 is 0 Å². The number of hydrogen-bond donors (Lipinski definition) is 0. The van der Waals surface area contributed by atoms with Gasteiger partial charge < -0.3 is 0 Å². The van der Waals surface area contributed by atoms with Crippen LogP contribution in [-0.2, 0) is 0 Å². The average Bonchev–Trinajstić information content (AvgIpc) is 2.30. The van der Waals surface area contributed by atoms with Gasteiger partial charge in [0.2, 0.25) is 0 Å². The van der Waals surface area contributed by atoms with Crippen LogP contribution in [0.15, 0.2) is 6.07 Å². The summed E-state index contributed by atoms with van der Waals surface area (Å²) in [7, 11) is 15.7. The Morgan fingerprint density at radius 3 is 1.59 bits per heavy atom.